The number of nitrogens with zero attached hydrogens (tertiary/aromatic N) is 4. The fourth-order valence-electron chi connectivity index (χ4n) is 5.51. The van der Waals surface area contributed by atoms with Gasteiger partial charge in [-0.1, -0.05) is 36.9 Å². The molecule has 0 radical (unpaired) electrons. The zero-order valence-corrected chi connectivity index (χ0v) is 25.9. The summed E-state index contributed by atoms with van der Waals surface area (Å²) < 4.78 is 33.7. The highest BCUT2D eigenvalue weighted by molar-refractivity contribution is 7.99. The van der Waals surface area contributed by atoms with Crippen molar-refractivity contribution in [3.8, 4) is 5.75 Å². The van der Waals surface area contributed by atoms with E-state index in [1.807, 2.05) is 35.5 Å². The maximum absolute atomic E-state index is 13.9. The second kappa shape index (κ2) is 12.4. The molecule has 2 aliphatic heterocycles. The minimum absolute atomic E-state index is 0.0354. The van der Waals surface area contributed by atoms with Crippen LogP contribution < -0.4 is 10.2 Å². The minimum atomic E-state index is -1.53. The van der Waals surface area contributed by atoms with E-state index in [-0.39, 0.29) is 34.9 Å². The first-order chi connectivity index (χ1) is 20.0. The number of para-hydroxylation sites is 1. The predicted octanol–water partition coefficient (Wildman–Crippen LogP) is 4.07. The van der Waals surface area contributed by atoms with Crippen LogP contribution >= 0.6 is 11.8 Å². The fourth-order valence-corrected chi connectivity index (χ4v) is 7.68. The number of piperidine rings is 1. The van der Waals surface area contributed by atoms with Gasteiger partial charge in [-0.05, 0) is 32.8 Å². The molecule has 42 heavy (non-hydrogen) atoms. The Morgan fingerprint density at radius 3 is 2.64 bits per heavy atom. The van der Waals surface area contributed by atoms with Crippen molar-refractivity contribution < 1.29 is 28.3 Å². The van der Waals surface area contributed by atoms with Gasteiger partial charge in [0.1, 0.15) is 40.5 Å². The van der Waals surface area contributed by atoms with Gasteiger partial charge >= 0.3 is 5.97 Å². The molecule has 1 N–H and O–H groups in total. The maximum Gasteiger partial charge on any atom is 0.315 e. The average molecular weight is 617 g/mol. The zero-order valence-electron chi connectivity index (χ0n) is 24.3. The number of carbonyl (C=O) groups is 1. The van der Waals surface area contributed by atoms with Gasteiger partial charge in [-0.15, -0.1) is 4.31 Å². The quantitative estimate of drug-likeness (QED) is 0.329. The second-order valence-corrected chi connectivity index (χ2v) is 13.6. The zero-order chi connectivity index (χ0) is 30.2. The van der Waals surface area contributed by atoms with Crippen molar-refractivity contribution in [1.82, 2.24) is 19.1 Å². The molecule has 3 aromatic rings. The SMILES string of the molecule is COc1ccccc1C(Cn1nc(C(C)(C)C(=O)O)c(=O)c2c1SC(c1ncco1)C2C)OC1CCN([S+](C)[O-])CC1. The molecule has 0 aliphatic carbocycles. The summed E-state index contributed by atoms with van der Waals surface area (Å²) in [5, 5.41) is 15.1. The number of oxazole rings is 1. The van der Waals surface area contributed by atoms with Crippen molar-refractivity contribution >= 4 is 29.1 Å². The number of carboxylic acids is 1. The lowest BCUT2D eigenvalue weighted by Crippen LogP contribution is -2.41. The summed E-state index contributed by atoms with van der Waals surface area (Å²) in [5.41, 5.74) is -0.623. The summed E-state index contributed by atoms with van der Waals surface area (Å²) in [7, 11) is 1.60. The van der Waals surface area contributed by atoms with Crippen LogP contribution in [0.15, 0.2) is 51.0 Å². The number of aliphatic carboxylic acids is 1. The number of hydrogen-bond acceptors (Lipinski definition) is 10. The van der Waals surface area contributed by atoms with Crippen LogP contribution in [0.4, 0.5) is 0 Å². The maximum atomic E-state index is 13.9. The van der Waals surface area contributed by atoms with Crippen LogP contribution in [0.5, 0.6) is 5.75 Å². The molecule has 4 unspecified atom stereocenters. The van der Waals surface area contributed by atoms with E-state index in [1.165, 1.54) is 31.9 Å². The summed E-state index contributed by atoms with van der Waals surface area (Å²) in [6.45, 7) is 6.43. The van der Waals surface area contributed by atoms with Crippen LogP contribution in [0.25, 0.3) is 0 Å². The molecule has 2 aromatic heterocycles. The van der Waals surface area contributed by atoms with Gasteiger partial charge in [-0.25, -0.2) is 4.98 Å². The number of methoxy groups -OCH3 is 1. The lowest BCUT2D eigenvalue weighted by Gasteiger charge is -2.33. The van der Waals surface area contributed by atoms with Crippen LogP contribution in [0.3, 0.4) is 0 Å². The molecule has 2 aliphatic rings. The van der Waals surface area contributed by atoms with E-state index in [1.54, 1.807) is 24.2 Å². The Morgan fingerprint density at radius 2 is 2.02 bits per heavy atom. The van der Waals surface area contributed by atoms with E-state index in [9.17, 15) is 19.2 Å². The van der Waals surface area contributed by atoms with Gasteiger partial charge in [0.2, 0.25) is 11.3 Å². The predicted molar refractivity (Wildman–Crippen MR) is 158 cm³/mol. The Morgan fingerprint density at radius 1 is 1.31 bits per heavy atom. The lowest BCUT2D eigenvalue weighted by molar-refractivity contribution is -0.142. The van der Waals surface area contributed by atoms with Gasteiger partial charge in [-0.3, -0.25) is 14.3 Å². The molecule has 1 fully saturated rings. The van der Waals surface area contributed by atoms with E-state index < -0.39 is 28.9 Å². The summed E-state index contributed by atoms with van der Waals surface area (Å²) in [4.78, 5) is 30.5. The number of rotatable bonds is 10. The van der Waals surface area contributed by atoms with Gasteiger partial charge in [0.15, 0.2) is 0 Å². The molecule has 0 amide bonds. The molecular formula is C29H36N4O7S2. The highest BCUT2D eigenvalue weighted by atomic mass is 32.2. The Labute approximate surface area is 251 Å². The minimum Gasteiger partial charge on any atom is -0.598 e. The fraction of sp³-hybridized carbons (Fsp3) is 0.517. The third kappa shape index (κ3) is 5.85. The molecule has 11 nitrogen and oxygen atoms in total. The molecule has 4 atom stereocenters. The van der Waals surface area contributed by atoms with Gasteiger partial charge in [0.05, 0.1) is 31.2 Å². The van der Waals surface area contributed by atoms with Crippen molar-refractivity contribution in [3.05, 3.63) is 69.7 Å². The van der Waals surface area contributed by atoms with E-state index >= 15 is 0 Å². The molecule has 4 heterocycles. The monoisotopic (exact) mass is 616 g/mol. The van der Waals surface area contributed by atoms with Gasteiger partial charge < -0.3 is 23.6 Å². The number of thioether (sulfide) groups is 1. The summed E-state index contributed by atoms with van der Waals surface area (Å²) in [6.07, 6.45) is 5.53. The second-order valence-electron chi connectivity index (χ2n) is 11.1. The normalized spacial score (nSPS) is 21.2. The molecule has 1 saturated heterocycles. The highest BCUT2D eigenvalue weighted by Crippen LogP contribution is 2.53. The van der Waals surface area contributed by atoms with E-state index in [4.69, 9.17) is 19.0 Å². The molecule has 0 saturated carbocycles. The largest absolute Gasteiger partial charge is 0.598 e. The molecule has 0 spiro atoms. The van der Waals surface area contributed by atoms with Crippen molar-refractivity contribution in [2.24, 2.45) is 0 Å². The first-order valence-electron chi connectivity index (χ1n) is 13.8. The Kier molecular flexibility index (Phi) is 9.05. The highest BCUT2D eigenvalue weighted by Gasteiger charge is 2.43. The van der Waals surface area contributed by atoms with Crippen LogP contribution in [-0.4, -0.2) is 67.3 Å². The Balaban J connectivity index is 1.58. The standard InChI is InChI=1S/C29H36N4O7S2/c1-17-22-23(34)25(29(2,3)28(35)36)31-33(27(22)41-24(17)26-30-12-15-39-26)16-21(19-8-6-7-9-20(19)38-4)40-18-10-13-32(14-11-18)42(5)37/h6-9,12,15,17-18,21,24H,10-11,13-14,16H2,1-5H3,(H,35,36). The van der Waals surface area contributed by atoms with Crippen LogP contribution in [0.2, 0.25) is 0 Å². The number of fused-ring (bicyclic) bond motifs is 1. The van der Waals surface area contributed by atoms with Crippen molar-refractivity contribution in [2.45, 2.75) is 74.0 Å². The van der Waals surface area contributed by atoms with E-state index in [2.05, 4.69) is 4.98 Å². The number of aromatic nitrogens is 3. The first kappa shape index (κ1) is 30.6. The van der Waals surface area contributed by atoms with Crippen molar-refractivity contribution in [2.75, 3.05) is 26.5 Å². The smallest absolute Gasteiger partial charge is 0.315 e. The Hall–Kier alpha value is -2.84. The average Bonchev–Trinajstić information content (AvgIpc) is 3.62. The molecule has 0 bridgehead atoms. The summed E-state index contributed by atoms with van der Waals surface area (Å²) >= 11 is 0.398. The first-order valence-corrected chi connectivity index (χ1v) is 16.2. The lowest BCUT2D eigenvalue weighted by atomic mass is 9.86. The van der Waals surface area contributed by atoms with Crippen LogP contribution in [0.1, 0.15) is 73.6 Å². The third-order valence-electron chi connectivity index (χ3n) is 8.06. The molecule has 226 valence electrons. The molecule has 5 rings (SSSR count). The molecule has 1 aromatic carbocycles. The third-order valence-corrected chi connectivity index (χ3v) is 10.7. The number of carboxylic acid groups (broad SMARTS) is 1. The van der Waals surface area contributed by atoms with Crippen LogP contribution in [0, 0.1) is 0 Å². The van der Waals surface area contributed by atoms with Gasteiger partial charge in [0, 0.05) is 41.5 Å². The molecular weight excluding hydrogens is 580 g/mol. The van der Waals surface area contributed by atoms with E-state index in [0.717, 1.165) is 5.56 Å². The van der Waals surface area contributed by atoms with Gasteiger partial charge in [0.25, 0.3) is 0 Å². The number of ether oxygens (including phenoxy) is 2. The number of hydrogen-bond donors (Lipinski definition) is 1. The van der Waals surface area contributed by atoms with E-state index in [0.29, 0.717) is 48.2 Å². The summed E-state index contributed by atoms with van der Waals surface area (Å²) in [5.74, 6) is -0.291. The van der Waals surface area contributed by atoms with Crippen molar-refractivity contribution in [3.63, 3.8) is 0 Å². The topological polar surface area (TPSA) is 143 Å². The van der Waals surface area contributed by atoms with Crippen LogP contribution in [-0.2, 0) is 32.9 Å². The van der Waals surface area contributed by atoms with Crippen molar-refractivity contribution in [1.29, 1.82) is 0 Å². The number of benzene rings is 1. The summed E-state index contributed by atoms with van der Waals surface area (Å²) in [6, 6.07) is 7.60. The van der Waals surface area contributed by atoms with Gasteiger partial charge in [-0.2, -0.15) is 5.10 Å². The Bertz CT molecular complexity index is 1470. The molecule has 13 heteroatoms.